The number of nitrogens with zero attached hydrogens (tertiary/aromatic N) is 1. The summed E-state index contributed by atoms with van der Waals surface area (Å²) in [4.78, 5) is 14.3. The molecular formula is C16H24N2O2. The summed E-state index contributed by atoms with van der Waals surface area (Å²) >= 11 is 0. The highest BCUT2D eigenvalue weighted by Crippen LogP contribution is 2.08. The Kier molecular flexibility index (Phi) is 5.56. The largest absolute Gasteiger partial charge is 0.461 e. The molecule has 4 nitrogen and oxygen atoms in total. The molecule has 0 spiro atoms. The lowest BCUT2D eigenvalue weighted by Crippen LogP contribution is -2.50. The van der Waals surface area contributed by atoms with Gasteiger partial charge in [0.1, 0.15) is 6.61 Å². The normalized spacial score (nSPS) is 21.4. The molecule has 2 rings (SSSR count). The Bertz CT molecular complexity index is 422. The Morgan fingerprint density at radius 1 is 1.45 bits per heavy atom. The highest BCUT2D eigenvalue weighted by Gasteiger charge is 2.22. The van der Waals surface area contributed by atoms with Crippen molar-refractivity contribution in [2.75, 3.05) is 26.2 Å². The van der Waals surface area contributed by atoms with Gasteiger partial charge in [-0.25, -0.2) is 0 Å². The monoisotopic (exact) mass is 276 g/mol. The smallest absolute Gasteiger partial charge is 0.310 e. The number of piperazine rings is 1. The number of rotatable bonds is 5. The van der Waals surface area contributed by atoms with Gasteiger partial charge in [0.25, 0.3) is 0 Å². The van der Waals surface area contributed by atoms with E-state index < -0.39 is 0 Å². The molecule has 1 fully saturated rings. The third-order valence-electron chi connectivity index (χ3n) is 3.61. The molecule has 110 valence electrons. The molecule has 1 aromatic rings. The van der Waals surface area contributed by atoms with Crippen LogP contribution in [0, 0.1) is 5.92 Å². The predicted molar refractivity (Wildman–Crippen MR) is 79.3 cm³/mol. The fourth-order valence-corrected chi connectivity index (χ4v) is 2.51. The molecule has 1 unspecified atom stereocenters. The quantitative estimate of drug-likeness (QED) is 0.831. The van der Waals surface area contributed by atoms with Gasteiger partial charge in [0.2, 0.25) is 0 Å². The summed E-state index contributed by atoms with van der Waals surface area (Å²) in [5, 5.41) is 3.40. The van der Waals surface area contributed by atoms with Gasteiger partial charge in [-0.15, -0.1) is 0 Å². The molecule has 1 saturated heterocycles. The molecule has 1 aliphatic rings. The van der Waals surface area contributed by atoms with Crippen molar-refractivity contribution in [1.82, 2.24) is 10.2 Å². The summed E-state index contributed by atoms with van der Waals surface area (Å²) in [5.74, 6) is -0.191. The summed E-state index contributed by atoms with van der Waals surface area (Å²) < 4.78 is 5.38. The van der Waals surface area contributed by atoms with Crippen LogP contribution in [0.25, 0.3) is 0 Å². The Hall–Kier alpha value is -1.39. The van der Waals surface area contributed by atoms with Gasteiger partial charge in [0, 0.05) is 32.2 Å². The van der Waals surface area contributed by atoms with Gasteiger partial charge >= 0.3 is 5.97 Å². The highest BCUT2D eigenvalue weighted by atomic mass is 16.5. The lowest BCUT2D eigenvalue weighted by Gasteiger charge is -2.33. The van der Waals surface area contributed by atoms with E-state index in [2.05, 4.69) is 17.1 Å². The fourth-order valence-electron chi connectivity index (χ4n) is 2.51. The van der Waals surface area contributed by atoms with Crippen molar-refractivity contribution >= 4 is 5.97 Å². The predicted octanol–water partition coefficient (Wildman–Crippen LogP) is 1.66. The zero-order chi connectivity index (χ0) is 14.4. The lowest BCUT2D eigenvalue weighted by atomic mass is 10.1. The topological polar surface area (TPSA) is 41.6 Å². The van der Waals surface area contributed by atoms with E-state index >= 15 is 0 Å². The molecule has 20 heavy (non-hydrogen) atoms. The first-order chi connectivity index (χ1) is 9.65. The summed E-state index contributed by atoms with van der Waals surface area (Å²) in [7, 11) is 0. The van der Waals surface area contributed by atoms with Crippen LogP contribution in [0.2, 0.25) is 0 Å². The van der Waals surface area contributed by atoms with Crippen LogP contribution in [0.5, 0.6) is 0 Å². The summed E-state index contributed by atoms with van der Waals surface area (Å²) in [6.07, 6.45) is 0. The van der Waals surface area contributed by atoms with Gasteiger partial charge in [-0.1, -0.05) is 37.3 Å². The molecule has 4 heteroatoms. The van der Waals surface area contributed by atoms with E-state index in [1.807, 2.05) is 37.3 Å². The second-order valence-electron chi connectivity index (χ2n) is 5.61. The van der Waals surface area contributed by atoms with Crippen LogP contribution in [0.4, 0.5) is 0 Å². The maximum absolute atomic E-state index is 12.0. The Morgan fingerprint density at radius 2 is 2.20 bits per heavy atom. The number of ether oxygens (including phenoxy) is 1. The van der Waals surface area contributed by atoms with E-state index in [0.717, 1.165) is 31.7 Å². The van der Waals surface area contributed by atoms with E-state index in [0.29, 0.717) is 12.6 Å². The van der Waals surface area contributed by atoms with Gasteiger partial charge in [-0.05, 0) is 12.5 Å². The number of benzene rings is 1. The van der Waals surface area contributed by atoms with Gasteiger partial charge in [0.15, 0.2) is 0 Å². The van der Waals surface area contributed by atoms with E-state index in [1.54, 1.807) is 0 Å². The van der Waals surface area contributed by atoms with Crippen molar-refractivity contribution in [1.29, 1.82) is 0 Å². The second kappa shape index (κ2) is 7.41. The summed E-state index contributed by atoms with van der Waals surface area (Å²) in [6, 6.07) is 10.3. The van der Waals surface area contributed by atoms with E-state index in [9.17, 15) is 4.79 Å². The van der Waals surface area contributed by atoms with Crippen molar-refractivity contribution < 1.29 is 9.53 Å². The zero-order valence-electron chi connectivity index (χ0n) is 12.3. The van der Waals surface area contributed by atoms with Crippen LogP contribution in [-0.4, -0.2) is 43.1 Å². The molecule has 1 heterocycles. The third kappa shape index (κ3) is 4.62. The number of hydrogen-bond donors (Lipinski definition) is 1. The zero-order valence-corrected chi connectivity index (χ0v) is 12.3. The van der Waals surface area contributed by atoms with Crippen molar-refractivity contribution in [3.8, 4) is 0 Å². The molecule has 0 amide bonds. The van der Waals surface area contributed by atoms with Crippen LogP contribution in [-0.2, 0) is 16.1 Å². The van der Waals surface area contributed by atoms with Crippen LogP contribution >= 0.6 is 0 Å². The minimum absolute atomic E-state index is 0.0796. The molecule has 0 bridgehead atoms. The van der Waals surface area contributed by atoms with Crippen molar-refractivity contribution in [2.45, 2.75) is 26.5 Å². The first-order valence-electron chi connectivity index (χ1n) is 7.31. The number of hydrogen-bond acceptors (Lipinski definition) is 4. The van der Waals surface area contributed by atoms with Crippen molar-refractivity contribution in [3.63, 3.8) is 0 Å². The first kappa shape index (κ1) is 15.0. The standard InChI is InChI=1S/C16H24N2O2/c1-13(10-18-9-8-17-14(2)11-18)16(19)20-12-15-6-4-3-5-7-15/h3-7,13-14,17H,8-12H2,1-2H3/t13?,14-/m1/s1. The number of carbonyl (C=O) groups is 1. The lowest BCUT2D eigenvalue weighted by molar-refractivity contribution is -0.150. The van der Waals surface area contributed by atoms with Crippen molar-refractivity contribution in [3.05, 3.63) is 35.9 Å². The molecule has 0 aliphatic carbocycles. The molecule has 1 aliphatic heterocycles. The van der Waals surface area contributed by atoms with Crippen LogP contribution in [0.3, 0.4) is 0 Å². The summed E-state index contributed by atoms with van der Waals surface area (Å²) in [5.41, 5.74) is 1.03. The maximum atomic E-state index is 12.0. The summed E-state index contributed by atoms with van der Waals surface area (Å²) in [6.45, 7) is 8.25. The molecule has 2 atom stereocenters. The molecule has 0 radical (unpaired) electrons. The maximum Gasteiger partial charge on any atom is 0.310 e. The SMILES string of the molecule is CC(CN1CCN[C@H](C)C1)C(=O)OCc1ccccc1. The first-order valence-corrected chi connectivity index (χ1v) is 7.31. The minimum atomic E-state index is -0.111. The van der Waals surface area contributed by atoms with Crippen LogP contribution in [0.1, 0.15) is 19.4 Å². The fraction of sp³-hybridized carbons (Fsp3) is 0.562. The van der Waals surface area contributed by atoms with E-state index in [-0.39, 0.29) is 11.9 Å². The Morgan fingerprint density at radius 3 is 2.90 bits per heavy atom. The van der Waals surface area contributed by atoms with Crippen molar-refractivity contribution in [2.24, 2.45) is 5.92 Å². The average molecular weight is 276 g/mol. The Labute approximate surface area is 121 Å². The van der Waals surface area contributed by atoms with Gasteiger partial charge in [-0.2, -0.15) is 0 Å². The molecule has 0 saturated carbocycles. The van der Waals surface area contributed by atoms with Crippen LogP contribution < -0.4 is 5.32 Å². The number of esters is 1. The molecular weight excluding hydrogens is 252 g/mol. The van der Waals surface area contributed by atoms with Gasteiger partial charge in [0.05, 0.1) is 5.92 Å². The van der Waals surface area contributed by atoms with E-state index in [4.69, 9.17) is 4.74 Å². The second-order valence-corrected chi connectivity index (χ2v) is 5.61. The molecule has 1 N–H and O–H groups in total. The third-order valence-corrected chi connectivity index (χ3v) is 3.61. The number of carbonyl (C=O) groups excluding carboxylic acids is 1. The molecule has 0 aromatic heterocycles. The van der Waals surface area contributed by atoms with Gasteiger partial charge < -0.3 is 10.1 Å². The number of nitrogens with one attached hydrogen (secondary N) is 1. The van der Waals surface area contributed by atoms with Crippen LogP contribution in [0.15, 0.2) is 30.3 Å². The molecule has 1 aromatic carbocycles. The Balaban J connectivity index is 1.74. The van der Waals surface area contributed by atoms with E-state index in [1.165, 1.54) is 0 Å². The van der Waals surface area contributed by atoms with Gasteiger partial charge in [-0.3, -0.25) is 9.69 Å². The average Bonchev–Trinajstić information content (AvgIpc) is 2.46. The highest BCUT2D eigenvalue weighted by molar-refractivity contribution is 5.72. The minimum Gasteiger partial charge on any atom is -0.461 e.